The lowest BCUT2D eigenvalue weighted by Crippen LogP contribution is -2.18. The Hall–Kier alpha value is -6.87. The summed E-state index contributed by atoms with van der Waals surface area (Å²) in [5.41, 5.74) is 4.90. The number of nitro benzene ring substituents is 1. The number of hydrogen-bond acceptors (Lipinski definition) is 6. The van der Waals surface area contributed by atoms with Crippen LogP contribution in [-0.2, 0) is 16.0 Å². The summed E-state index contributed by atoms with van der Waals surface area (Å²) in [6, 6.07) is 40.4. The third kappa shape index (κ3) is 8.11. The first-order valence-corrected chi connectivity index (χ1v) is 15.3. The highest BCUT2D eigenvalue weighted by Crippen LogP contribution is 2.27. The van der Waals surface area contributed by atoms with Crippen LogP contribution in [0.1, 0.15) is 27.2 Å². The molecule has 9 heteroatoms. The van der Waals surface area contributed by atoms with Gasteiger partial charge in [-0.25, -0.2) is 0 Å². The van der Waals surface area contributed by atoms with Gasteiger partial charge in [0.2, 0.25) is 11.8 Å². The SMILES string of the molecule is O=C(/C=C/c1ccc(-c2ccc([N+](=O)[O-])cc2)o1)Nc1ccc(NC(=O)Cc2ccc(-c3ccccc3)cc2)c(C(=O)c2ccccc2)c1. The summed E-state index contributed by atoms with van der Waals surface area (Å²) >= 11 is 0. The maximum atomic E-state index is 13.6. The van der Waals surface area contributed by atoms with Crippen molar-refractivity contribution in [1.82, 2.24) is 0 Å². The zero-order valence-electron chi connectivity index (χ0n) is 26.0. The number of furan rings is 1. The maximum Gasteiger partial charge on any atom is 0.269 e. The fourth-order valence-electron chi connectivity index (χ4n) is 5.18. The number of hydrogen-bond donors (Lipinski definition) is 2. The topological polar surface area (TPSA) is 132 Å². The van der Waals surface area contributed by atoms with Gasteiger partial charge >= 0.3 is 0 Å². The Labute approximate surface area is 281 Å². The van der Waals surface area contributed by atoms with Gasteiger partial charge < -0.3 is 15.1 Å². The Morgan fingerprint density at radius 1 is 0.694 bits per heavy atom. The molecule has 0 aliphatic carbocycles. The summed E-state index contributed by atoms with van der Waals surface area (Å²) < 4.78 is 5.77. The van der Waals surface area contributed by atoms with Gasteiger partial charge in [-0.2, -0.15) is 0 Å². The number of carbonyl (C=O) groups is 3. The maximum absolute atomic E-state index is 13.6. The second-order valence-electron chi connectivity index (χ2n) is 11.1. The Balaban J connectivity index is 1.15. The van der Waals surface area contributed by atoms with E-state index in [0.717, 1.165) is 16.7 Å². The summed E-state index contributed by atoms with van der Waals surface area (Å²) in [5.74, 6) is -0.191. The highest BCUT2D eigenvalue weighted by Gasteiger charge is 2.17. The van der Waals surface area contributed by atoms with Crippen LogP contribution in [0, 0.1) is 10.1 Å². The number of anilines is 2. The first-order chi connectivity index (χ1) is 23.8. The van der Waals surface area contributed by atoms with Crippen LogP contribution < -0.4 is 10.6 Å². The van der Waals surface area contributed by atoms with Gasteiger partial charge in [0.05, 0.1) is 17.0 Å². The van der Waals surface area contributed by atoms with Gasteiger partial charge in [0.1, 0.15) is 11.5 Å². The van der Waals surface area contributed by atoms with E-state index in [2.05, 4.69) is 10.6 Å². The molecule has 240 valence electrons. The van der Waals surface area contributed by atoms with Crippen molar-refractivity contribution < 1.29 is 23.7 Å². The summed E-state index contributed by atoms with van der Waals surface area (Å²) in [5, 5.41) is 16.5. The van der Waals surface area contributed by atoms with Crippen molar-refractivity contribution in [1.29, 1.82) is 0 Å². The summed E-state index contributed by atoms with van der Waals surface area (Å²) in [6.45, 7) is 0. The van der Waals surface area contributed by atoms with Crippen molar-refractivity contribution in [2.24, 2.45) is 0 Å². The third-order valence-electron chi connectivity index (χ3n) is 7.66. The molecule has 1 heterocycles. The fourth-order valence-corrected chi connectivity index (χ4v) is 5.18. The standard InChI is InChI=1S/C40H29N3O6/c44-38(24-21-34-20-23-37(49-34)30-15-18-33(19-16-30)43(47)48)41-32-17-22-36(35(26-32)40(46)31-9-5-2-6-10-31)42-39(45)25-27-11-13-29(14-12-27)28-7-3-1-4-8-28/h1-24,26H,25H2,(H,41,44)(H,42,45)/b24-21+. The van der Waals surface area contributed by atoms with E-state index in [9.17, 15) is 24.5 Å². The molecule has 0 saturated carbocycles. The van der Waals surface area contributed by atoms with Crippen molar-refractivity contribution in [3.8, 4) is 22.5 Å². The molecule has 0 fully saturated rings. The zero-order valence-corrected chi connectivity index (χ0v) is 26.0. The zero-order chi connectivity index (χ0) is 34.2. The monoisotopic (exact) mass is 647 g/mol. The van der Waals surface area contributed by atoms with Crippen molar-refractivity contribution in [2.45, 2.75) is 6.42 Å². The lowest BCUT2D eigenvalue weighted by Gasteiger charge is -2.13. The number of rotatable bonds is 11. The van der Waals surface area contributed by atoms with Crippen LogP contribution in [0.5, 0.6) is 0 Å². The van der Waals surface area contributed by atoms with E-state index in [1.54, 1.807) is 66.7 Å². The fraction of sp³-hybridized carbons (Fsp3) is 0.0250. The Morgan fingerprint density at radius 3 is 2.04 bits per heavy atom. The third-order valence-corrected chi connectivity index (χ3v) is 7.66. The molecule has 0 atom stereocenters. The number of nitrogens with zero attached hydrogens (tertiary/aromatic N) is 1. The molecule has 0 bridgehead atoms. The van der Waals surface area contributed by atoms with Gasteiger partial charge in [-0.3, -0.25) is 24.5 Å². The predicted octanol–water partition coefficient (Wildman–Crippen LogP) is 8.59. The highest BCUT2D eigenvalue weighted by atomic mass is 16.6. The molecule has 0 aliphatic rings. The van der Waals surface area contributed by atoms with Crippen LogP contribution in [0.25, 0.3) is 28.5 Å². The van der Waals surface area contributed by atoms with E-state index in [4.69, 9.17) is 4.42 Å². The minimum Gasteiger partial charge on any atom is -0.457 e. The largest absolute Gasteiger partial charge is 0.457 e. The Bertz CT molecular complexity index is 2150. The number of non-ortho nitro benzene ring substituents is 1. The van der Waals surface area contributed by atoms with E-state index in [1.165, 1.54) is 30.4 Å². The van der Waals surface area contributed by atoms with Gasteiger partial charge in [0.15, 0.2) is 5.78 Å². The number of ketones is 1. The summed E-state index contributed by atoms with van der Waals surface area (Å²) in [4.78, 5) is 50.0. The molecule has 0 spiro atoms. The normalized spacial score (nSPS) is 10.9. The van der Waals surface area contributed by atoms with Crippen LogP contribution in [0.15, 0.2) is 150 Å². The highest BCUT2D eigenvalue weighted by molar-refractivity contribution is 6.15. The van der Waals surface area contributed by atoms with Crippen molar-refractivity contribution in [2.75, 3.05) is 10.6 Å². The van der Waals surface area contributed by atoms with Crippen LogP contribution in [-0.4, -0.2) is 22.5 Å². The lowest BCUT2D eigenvalue weighted by molar-refractivity contribution is -0.384. The van der Waals surface area contributed by atoms with Gasteiger partial charge in [-0.15, -0.1) is 0 Å². The van der Waals surface area contributed by atoms with Crippen molar-refractivity contribution in [3.63, 3.8) is 0 Å². The molecule has 2 N–H and O–H groups in total. The molecule has 6 rings (SSSR count). The van der Waals surface area contributed by atoms with Gasteiger partial charge in [0.25, 0.3) is 5.69 Å². The lowest BCUT2D eigenvalue weighted by atomic mass is 10.00. The molecule has 0 radical (unpaired) electrons. The van der Waals surface area contributed by atoms with Crippen LogP contribution in [0.4, 0.5) is 17.1 Å². The second kappa shape index (κ2) is 14.7. The minimum absolute atomic E-state index is 0.0267. The van der Waals surface area contributed by atoms with E-state index in [1.807, 2.05) is 54.6 Å². The first kappa shape index (κ1) is 32.1. The van der Waals surface area contributed by atoms with Crippen LogP contribution >= 0.6 is 0 Å². The van der Waals surface area contributed by atoms with E-state index >= 15 is 0 Å². The molecule has 49 heavy (non-hydrogen) atoms. The molecular weight excluding hydrogens is 618 g/mol. The molecule has 6 aromatic rings. The predicted molar refractivity (Wildman–Crippen MR) is 189 cm³/mol. The van der Waals surface area contributed by atoms with Gasteiger partial charge in [-0.1, -0.05) is 84.9 Å². The number of carbonyl (C=O) groups excluding carboxylic acids is 3. The number of nitrogens with one attached hydrogen (secondary N) is 2. The smallest absolute Gasteiger partial charge is 0.269 e. The van der Waals surface area contributed by atoms with Gasteiger partial charge in [0, 0.05) is 40.6 Å². The molecule has 0 saturated heterocycles. The van der Waals surface area contributed by atoms with Crippen LogP contribution in [0.3, 0.4) is 0 Å². The molecule has 2 amide bonds. The summed E-state index contributed by atoms with van der Waals surface area (Å²) in [6.07, 6.45) is 2.88. The number of amides is 2. The molecule has 0 aliphatic heterocycles. The minimum atomic E-state index is -0.476. The molecule has 0 unspecified atom stereocenters. The van der Waals surface area contributed by atoms with Gasteiger partial charge in [-0.05, 0) is 65.2 Å². The first-order valence-electron chi connectivity index (χ1n) is 15.3. The Kier molecular flexibility index (Phi) is 9.62. The van der Waals surface area contributed by atoms with Crippen molar-refractivity contribution >= 4 is 40.7 Å². The molecule has 9 nitrogen and oxygen atoms in total. The quantitative estimate of drug-likeness (QED) is 0.0627. The van der Waals surface area contributed by atoms with E-state index < -0.39 is 10.8 Å². The number of nitro groups is 1. The molecular formula is C40H29N3O6. The van der Waals surface area contributed by atoms with Crippen molar-refractivity contribution in [3.05, 3.63) is 178 Å². The summed E-state index contributed by atoms with van der Waals surface area (Å²) in [7, 11) is 0. The average Bonchev–Trinajstić information content (AvgIpc) is 3.61. The second-order valence-corrected chi connectivity index (χ2v) is 11.1. The Morgan fingerprint density at radius 2 is 1.35 bits per heavy atom. The molecule has 1 aromatic heterocycles. The van der Waals surface area contributed by atoms with Crippen LogP contribution in [0.2, 0.25) is 0 Å². The number of benzene rings is 5. The molecule has 5 aromatic carbocycles. The average molecular weight is 648 g/mol. The van der Waals surface area contributed by atoms with E-state index in [-0.39, 0.29) is 29.4 Å². The van der Waals surface area contributed by atoms with E-state index in [0.29, 0.717) is 34.0 Å².